The molecular weight excluding hydrogens is 196 g/mol. The van der Waals surface area contributed by atoms with Crippen LogP contribution >= 0.6 is 0 Å². The van der Waals surface area contributed by atoms with Crippen molar-refractivity contribution in [2.24, 2.45) is 5.73 Å². The van der Waals surface area contributed by atoms with Gasteiger partial charge in [0, 0.05) is 26.2 Å². The number of aldehydes is 1. The fraction of sp³-hybridized carbons (Fsp3) is 0.556. The molecule has 0 radical (unpaired) electrons. The standard InChI is InChI=1S/C9H16N4O2/c1-13-6-7(10)12-8(13)9(15)11-4-2-3-5-14/h5-6,8,12H,2-4,10H2,1H3,(H,11,15). The Labute approximate surface area is 88.5 Å². The minimum atomic E-state index is -0.443. The first kappa shape index (κ1) is 11.4. The molecule has 1 unspecified atom stereocenters. The van der Waals surface area contributed by atoms with E-state index in [-0.39, 0.29) is 5.91 Å². The molecule has 1 rings (SSSR count). The van der Waals surface area contributed by atoms with Gasteiger partial charge < -0.3 is 26.1 Å². The van der Waals surface area contributed by atoms with Crippen LogP contribution in [0.15, 0.2) is 12.0 Å². The van der Waals surface area contributed by atoms with Gasteiger partial charge in [0.2, 0.25) is 0 Å². The van der Waals surface area contributed by atoms with Crippen molar-refractivity contribution in [2.45, 2.75) is 19.0 Å². The van der Waals surface area contributed by atoms with E-state index in [1.807, 2.05) is 0 Å². The van der Waals surface area contributed by atoms with E-state index in [1.54, 1.807) is 18.1 Å². The monoisotopic (exact) mass is 212 g/mol. The Morgan fingerprint density at radius 2 is 2.53 bits per heavy atom. The number of nitrogens with zero attached hydrogens (tertiary/aromatic N) is 1. The zero-order valence-electron chi connectivity index (χ0n) is 8.69. The molecule has 6 heteroatoms. The Bertz CT molecular complexity index is 277. The number of carbonyl (C=O) groups is 2. The molecular formula is C9H16N4O2. The predicted octanol–water partition coefficient (Wildman–Crippen LogP) is -1.30. The summed E-state index contributed by atoms with van der Waals surface area (Å²) in [4.78, 5) is 23.3. The normalized spacial score (nSPS) is 19.4. The average Bonchev–Trinajstić information content (AvgIpc) is 2.52. The maximum Gasteiger partial charge on any atom is 0.263 e. The molecule has 0 aromatic rings. The minimum absolute atomic E-state index is 0.139. The molecule has 0 aliphatic carbocycles. The molecule has 1 amide bonds. The number of hydrogen-bond acceptors (Lipinski definition) is 5. The van der Waals surface area contributed by atoms with Crippen LogP contribution in [0, 0.1) is 0 Å². The zero-order valence-corrected chi connectivity index (χ0v) is 8.69. The van der Waals surface area contributed by atoms with Crippen LogP contribution in [-0.2, 0) is 9.59 Å². The molecule has 1 aliphatic rings. The van der Waals surface area contributed by atoms with E-state index in [1.165, 1.54) is 0 Å². The summed E-state index contributed by atoms with van der Waals surface area (Å²) in [7, 11) is 1.77. The summed E-state index contributed by atoms with van der Waals surface area (Å²) in [5.74, 6) is 0.339. The van der Waals surface area contributed by atoms with Crippen molar-refractivity contribution in [1.82, 2.24) is 15.5 Å². The fourth-order valence-electron chi connectivity index (χ4n) is 1.34. The van der Waals surface area contributed by atoms with Gasteiger partial charge in [-0.3, -0.25) is 4.79 Å². The van der Waals surface area contributed by atoms with Gasteiger partial charge in [0.1, 0.15) is 12.1 Å². The Kier molecular flexibility index (Phi) is 3.96. The van der Waals surface area contributed by atoms with Crippen LogP contribution in [0.3, 0.4) is 0 Å². The molecule has 84 valence electrons. The van der Waals surface area contributed by atoms with E-state index in [4.69, 9.17) is 5.73 Å². The molecule has 1 atom stereocenters. The highest BCUT2D eigenvalue weighted by atomic mass is 16.2. The zero-order chi connectivity index (χ0) is 11.3. The van der Waals surface area contributed by atoms with Gasteiger partial charge in [0.15, 0.2) is 6.17 Å². The van der Waals surface area contributed by atoms with Crippen molar-refractivity contribution in [3.63, 3.8) is 0 Å². The third-order valence-corrected chi connectivity index (χ3v) is 2.10. The van der Waals surface area contributed by atoms with Crippen LogP contribution in [0.4, 0.5) is 0 Å². The molecule has 6 nitrogen and oxygen atoms in total. The van der Waals surface area contributed by atoms with Crippen molar-refractivity contribution in [3.8, 4) is 0 Å². The first-order valence-electron chi connectivity index (χ1n) is 4.82. The second-order valence-corrected chi connectivity index (χ2v) is 3.40. The quantitative estimate of drug-likeness (QED) is 0.389. The lowest BCUT2D eigenvalue weighted by atomic mass is 10.3. The van der Waals surface area contributed by atoms with Crippen LogP contribution in [0.5, 0.6) is 0 Å². The van der Waals surface area contributed by atoms with E-state index >= 15 is 0 Å². The molecule has 1 heterocycles. The van der Waals surface area contributed by atoms with Crippen molar-refractivity contribution in [1.29, 1.82) is 0 Å². The van der Waals surface area contributed by atoms with Crippen molar-refractivity contribution in [2.75, 3.05) is 13.6 Å². The highest BCUT2D eigenvalue weighted by molar-refractivity contribution is 5.82. The fourth-order valence-corrected chi connectivity index (χ4v) is 1.34. The topological polar surface area (TPSA) is 87.5 Å². The van der Waals surface area contributed by atoms with Crippen molar-refractivity contribution in [3.05, 3.63) is 12.0 Å². The Balaban J connectivity index is 2.26. The maximum atomic E-state index is 11.6. The van der Waals surface area contributed by atoms with E-state index < -0.39 is 6.17 Å². The smallest absolute Gasteiger partial charge is 0.263 e. The highest BCUT2D eigenvalue weighted by Crippen LogP contribution is 2.04. The number of unbranched alkanes of at least 4 members (excludes halogenated alkanes) is 1. The Morgan fingerprint density at radius 1 is 1.80 bits per heavy atom. The number of hydrogen-bond donors (Lipinski definition) is 3. The molecule has 0 fully saturated rings. The van der Waals surface area contributed by atoms with E-state index in [9.17, 15) is 9.59 Å². The summed E-state index contributed by atoms with van der Waals surface area (Å²) < 4.78 is 0. The number of rotatable bonds is 5. The Morgan fingerprint density at radius 3 is 3.07 bits per heavy atom. The molecule has 15 heavy (non-hydrogen) atoms. The maximum absolute atomic E-state index is 11.6. The minimum Gasteiger partial charge on any atom is -0.384 e. The van der Waals surface area contributed by atoms with Crippen molar-refractivity contribution >= 4 is 12.2 Å². The van der Waals surface area contributed by atoms with Crippen molar-refractivity contribution < 1.29 is 9.59 Å². The van der Waals surface area contributed by atoms with E-state index in [2.05, 4.69) is 10.6 Å². The number of nitrogens with two attached hydrogens (primary N) is 1. The molecule has 0 saturated carbocycles. The first-order chi connectivity index (χ1) is 7.15. The van der Waals surface area contributed by atoms with Gasteiger partial charge >= 0.3 is 0 Å². The molecule has 0 bridgehead atoms. The van der Waals surface area contributed by atoms with Crippen LogP contribution in [0.1, 0.15) is 12.8 Å². The summed E-state index contributed by atoms with van der Waals surface area (Å²) in [6.07, 6.45) is 3.19. The molecule has 0 aromatic carbocycles. The molecule has 0 aromatic heterocycles. The van der Waals surface area contributed by atoms with Crippen LogP contribution < -0.4 is 16.4 Å². The summed E-state index contributed by atoms with van der Waals surface area (Å²) in [5, 5.41) is 5.55. The summed E-state index contributed by atoms with van der Waals surface area (Å²) in [5.41, 5.74) is 5.51. The van der Waals surface area contributed by atoms with Gasteiger partial charge in [-0.2, -0.15) is 0 Å². The SMILES string of the molecule is CN1C=C(N)NC1C(=O)NCCCC=O. The van der Waals surface area contributed by atoms with Gasteiger partial charge in [-0.05, 0) is 6.42 Å². The molecule has 0 spiro atoms. The lowest BCUT2D eigenvalue weighted by Crippen LogP contribution is -2.48. The third kappa shape index (κ3) is 3.16. The highest BCUT2D eigenvalue weighted by Gasteiger charge is 2.25. The van der Waals surface area contributed by atoms with E-state index in [0.29, 0.717) is 25.2 Å². The summed E-state index contributed by atoms with van der Waals surface area (Å²) >= 11 is 0. The second kappa shape index (κ2) is 5.23. The molecule has 0 saturated heterocycles. The summed E-state index contributed by atoms with van der Waals surface area (Å²) in [6.45, 7) is 0.503. The van der Waals surface area contributed by atoms with Gasteiger partial charge in [-0.15, -0.1) is 0 Å². The predicted molar refractivity (Wildman–Crippen MR) is 55.3 cm³/mol. The summed E-state index contributed by atoms with van der Waals surface area (Å²) in [6, 6.07) is 0. The van der Waals surface area contributed by atoms with E-state index in [0.717, 1.165) is 6.29 Å². The first-order valence-corrected chi connectivity index (χ1v) is 4.82. The Hall–Kier alpha value is -1.72. The number of carbonyl (C=O) groups excluding carboxylic acids is 2. The van der Waals surface area contributed by atoms with Gasteiger partial charge in [0.05, 0.1) is 0 Å². The lowest BCUT2D eigenvalue weighted by Gasteiger charge is -2.19. The number of likely N-dealkylation sites (N-methyl/N-ethyl adjacent to an activating group) is 1. The van der Waals surface area contributed by atoms with Crippen LogP contribution in [-0.4, -0.2) is 36.9 Å². The van der Waals surface area contributed by atoms with Gasteiger partial charge in [0.25, 0.3) is 5.91 Å². The lowest BCUT2D eigenvalue weighted by molar-refractivity contribution is -0.125. The van der Waals surface area contributed by atoms with Crippen LogP contribution in [0.2, 0.25) is 0 Å². The van der Waals surface area contributed by atoms with Gasteiger partial charge in [-0.25, -0.2) is 0 Å². The second-order valence-electron chi connectivity index (χ2n) is 3.40. The molecule has 4 N–H and O–H groups in total. The average molecular weight is 212 g/mol. The largest absolute Gasteiger partial charge is 0.384 e. The van der Waals surface area contributed by atoms with Crippen LogP contribution in [0.25, 0.3) is 0 Å². The third-order valence-electron chi connectivity index (χ3n) is 2.10. The van der Waals surface area contributed by atoms with Gasteiger partial charge in [-0.1, -0.05) is 0 Å². The number of nitrogens with one attached hydrogen (secondary N) is 2. The number of amides is 1. The molecule has 1 aliphatic heterocycles.